The monoisotopic (exact) mass is 284 g/mol. The minimum absolute atomic E-state index is 0.175. The first-order valence-corrected chi connectivity index (χ1v) is 11.1. The second-order valence-electron chi connectivity index (χ2n) is 7.37. The van der Waals surface area contributed by atoms with E-state index in [4.69, 9.17) is 0 Å². The number of allylic oxidation sites excluding steroid dienone is 4. The molecular formula is C19H28Si. The Morgan fingerprint density at radius 2 is 1.10 bits per heavy atom. The molecule has 1 heteroatoms. The molecule has 0 fully saturated rings. The van der Waals surface area contributed by atoms with Crippen molar-refractivity contribution in [2.45, 2.75) is 59.3 Å². The van der Waals surface area contributed by atoms with Crippen molar-refractivity contribution in [3.63, 3.8) is 0 Å². The van der Waals surface area contributed by atoms with E-state index in [9.17, 15) is 0 Å². The molecule has 2 rings (SSSR count). The standard InChI is InChI=1S/C19H28Si/c1-13-9-11-18(12-10-13)19(20(6,7)8)16(4)14(2)15(3)17(19)5/h9-12H,1-8H3. The minimum atomic E-state index is -1.46. The fraction of sp³-hybridized carbons (Fsp3) is 0.474. The first kappa shape index (κ1) is 15.3. The lowest BCUT2D eigenvalue weighted by Gasteiger charge is -2.45. The summed E-state index contributed by atoms with van der Waals surface area (Å²) in [6.07, 6.45) is 0. The van der Waals surface area contributed by atoms with Crippen LogP contribution in [-0.2, 0) is 5.04 Å². The fourth-order valence-corrected chi connectivity index (χ4v) is 7.86. The zero-order chi connectivity index (χ0) is 15.3. The van der Waals surface area contributed by atoms with Gasteiger partial charge >= 0.3 is 0 Å². The summed E-state index contributed by atoms with van der Waals surface area (Å²) in [6, 6.07) is 9.24. The molecule has 1 aromatic carbocycles. The summed E-state index contributed by atoms with van der Waals surface area (Å²) >= 11 is 0. The van der Waals surface area contributed by atoms with Crippen LogP contribution in [0.2, 0.25) is 19.6 Å². The Labute approximate surface area is 125 Å². The van der Waals surface area contributed by atoms with Gasteiger partial charge < -0.3 is 0 Å². The van der Waals surface area contributed by atoms with E-state index in [-0.39, 0.29) is 5.04 Å². The van der Waals surface area contributed by atoms with Crippen molar-refractivity contribution >= 4 is 8.07 Å². The molecule has 0 heterocycles. The van der Waals surface area contributed by atoms with Crippen LogP contribution in [0.5, 0.6) is 0 Å². The largest absolute Gasteiger partial charge is 0.0683 e. The number of rotatable bonds is 2. The molecule has 1 aromatic rings. The normalized spacial score (nSPS) is 19.0. The van der Waals surface area contributed by atoms with Gasteiger partial charge in [-0.05, 0) is 51.3 Å². The highest BCUT2D eigenvalue weighted by Gasteiger charge is 2.51. The van der Waals surface area contributed by atoms with Crippen LogP contribution in [0.3, 0.4) is 0 Å². The maximum Gasteiger partial charge on any atom is 0.0659 e. The summed E-state index contributed by atoms with van der Waals surface area (Å²) in [5.74, 6) is 0. The highest BCUT2D eigenvalue weighted by molar-refractivity contribution is 6.80. The van der Waals surface area contributed by atoms with Crippen LogP contribution in [0, 0.1) is 6.92 Å². The zero-order valence-corrected chi connectivity index (χ0v) is 15.3. The molecule has 1 aliphatic rings. The molecular weight excluding hydrogens is 256 g/mol. The fourth-order valence-electron chi connectivity index (χ4n) is 4.20. The average molecular weight is 285 g/mol. The molecule has 0 aliphatic heterocycles. The van der Waals surface area contributed by atoms with Gasteiger partial charge in [0.05, 0.1) is 8.07 Å². The predicted molar refractivity (Wildman–Crippen MR) is 93.0 cm³/mol. The summed E-state index contributed by atoms with van der Waals surface area (Å²) in [5, 5.41) is 0.175. The van der Waals surface area contributed by atoms with Gasteiger partial charge in [0.1, 0.15) is 0 Å². The van der Waals surface area contributed by atoms with Gasteiger partial charge in [-0.25, -0.2) is 0 Å². The Balaban J connectivity index is 2.82. The van der Waals surface area contributed by atoms with Crippen molar-refractivity contribution < 1.29 is 0 Å². The first-order chi connectivity index (χ1) is 9.14. The second kappa shape index (κ2) is 4.73. The number of benzene rings is 1. The minimum Gasteiger partial charge on any atom is -0.0683 e. The van der Waals surface area contributed by atoms with E-state index in [1.165, 1.54) is 22.3 Å². The number of aryl methyl sites for hydroxylation is 1. The Bertz CT molecular complexity index is 568. The second-order valence-corrected chi connectivity index (χ2v) is 12.6. The van der Waals surface area contributed by atoms with Crippen LogP contribution < -0.4 is 0 Å². The van der Waals surface area contributed by atoms with Crippen molar-refractivity contribution in [1.29, 1.82) is 0 Å². The molecule has 0 bridgehead atoms. The van der Waals surface area contributed by atoms with E-state index in [1.54, 1.807) is 11.1 Å². The summed E-state index contributed by atoms with van der Waals surface area (Å²) in [7, 11) is -1.46. The number of hydrogen-bond acceptors (Lipinski definition) is 0. The van der Waals surface area contributed by atoms with E-state index in [0.717, 1.165) is 0 Å². The Morgan fingerprint density at radius 1 is 0.700 bits per heavy atom. The van der Waals surface area contributed by atoms with Gasteiger partial charge in [-0.3, -0.25) is 0 Å². The van der Waals surface area contributed by atoms with Gasteiger partial charge in [0.15, 0.2) is 0 Å². The third kappa shape index (κ3) is 1.87. The van der Waals surface area contributed by atoms with E-state index in [0.29, 0.717) is 0 Å². The third-order valence-corrected chi connectivity index (χ3v) is 8.71. The van der Waals surface area contributed by atoms with Gasteiger partial charge in [0.2, 0.25) is 0 Å². The van der Waals surface area contributed by atoms with Crippen LogP contribution >= 0.6 is 0 Å². The van der Waals surface area contributed by atoms with E-state index >= 15 is 0 Å². The SMILES string of the molecule is CC1=C(C)C(c2ccc(C)cc2)([Si](C)(C)C)C(C)=C1C. The maximum absolute atomic E-state index is 2.51. The molecule has 20 heavy (non-hydrogen) atoms. The quantitative estimate of drug-likeness (QED) is 0.602. The third-order valence-electron chi connectivity index (χ3n) is 5.42. The summed E-state index contributed by atoms with van der Waals surface area (Å²) in [6.45, 7) is 19.0. The van der Waals surface area contributed by atoms with Crippen LogP contribution in [0.4, 0.5) is 0 Å². The summed E-state index contributed by atoms with van der Waals surface area (Å²) < 4.78 is 0. The Morgan fingerprint density at radius 3 is 1.45 bits per heavy atom. The van der Waals surface area contributed by atoms with Gasteiger partial charge in [-0.2, -0.15) is 0 Å². The number of hydrogen-bond donors (Lipinski definition) is 0. The van der Waals surface area contributed by atoms with Crippen LogP contribution in [-0.4, -0.2) is 8.07 Å². The summed E-state index contributed by atoms with van der Waals surface area (Å²) in [5.41, 5.74) is 9.00. The molecule has 0 radical (unpaired) electrons. The van der Waals surface area contributed by atoms with Crippen LogP contribution in [0.15, 0.2) is 46.6 Å². The smallest absolute Gasteiger partial charge is 0.0659 e. The van der Waals surface area contributed by atoms with Gasteiger partial charge in [-0.1, -0.05) is 60.6 Å². The lowest BCUT2D eigenvalue weighted by Crippen LogP contribution is -2.50. The van der Waals surface area contributed by atoms with Gasteiger partial charge in [-0.15, -0.1) is 0 Å². The molecule has 0 saturated carbocycles. The van der Waals surface area contributed by atoms with E-state index < -0.39 is 8.07 Å². The lowest BCUT2D eigenvalue weighted by atomic mass is 9.87. The molecule has 0 nitrogen and oxygen atoms in total. The Kier molecular flexibility index (Phi) is 3.62. The molecule has 0 N–H and O–H groups in total. The van der Waals surface area contributed by atoms with Crippen molar-refractivity contribution in [3.05, 3.63) is 57.7 Å². The first-order valence-electron chi connectivity index (χ1n) is 7.57. The molecule has 0 unspecified atom stereocenters. The average Bonchev–Trinajstić information content (AvgIpc) is 2.53. The lowest BCUT2D eigenvalue weighted by molar-refractivity contribution is 0.795. The molecule has 0 atom stereocenters. The zero-order valence-electron chi connectivity index (χ0n) is 14.3. The highest BCUT2D eigenvalue weighted by Crippen LogP contribution is 2.53. The van der Waals surface area contributed by atoms with Crippen molar-refractivity contribution in [2.24, 2.45) is 0 Å². The predicted octanol–water partition coefficient (Wildman–Crippen LogP) is 5.80. The topological polar surface area (TPSA) is 0 Å². The Hall–Kier alpha value is -1.08. The van der Waals surface area contributed by atoms with Crippen molar-refractivity contribution in [1.82, 2.24) is 0 Å². The van der Waals surface area contributed by atoms with Crippen molar-refractivity contribution in [2.75, 3.05) is 0 Å². The van der Waals surface area contributed by atoms with E-state index in [2.05, 4.69) is 78.5 Å². The van der Waals surface area contributed by atoms with E-state index in [1.807, 2.05) is 0 Å². The van der Waals surface area contributed by atoms with Crippen LogP contribution in [0.25, 0.3) is 0 Å². The molecule has 0 amide bonds. The molecule has 1 aliphatic carbocycles. The molecule has 0 saturated heterocycles. The van der Waals surface area contributed by atoms with Gasteiger partial charge in [0.25, 0.3) is 0 Å². The molecule has 0 spiro atoms. The highest BCUT2D eigenvalue weighted by atomic mass is 28.3. The molecule has 0 aromatic heterocycles. The molecule has 108 valence electrons. The van der Waals surface area contributed by atoms with Crippen molar-refractivity contribution in [3.8, 4) is 0 Å². The van der Waals surface area contributed by atoms with Crippen LogP contribution in [0.1, 0.15) is 38.8 Å². The maximum atomic E-state index is 2.51. The summed E-state index contributed by atoms with van der Waals surface area (Å²) in [4.78, 5) is 0. The van der Waals surface area contributed by atoms with Gasteiger partial charge in [0, 0.05) is 5.04 Å².